The van der Waals surface area contributed by atoms with Gasteiger partial charge in [-0.3, -0.25) is 9.59 Å². The largest absolute Gasteiger partial charge is 0.396 e. The highest BCUT2D eigenvalue weighted by Gasteiger charge is 2.35. The fourth-order valence-corrected chi connectivity index (χ4v) is 3.69. The Morgan fingerprint density at radius 3 is 2.31 bits per heavy atom. The molecule has 29 heavy (non-hydrogen) atoms. The van der Waals surface area contributed by atoms with Gasteiger partial charge in [-0.2, -0.15) is 0 Å². The third kappa shape index (κ3) is 3.97. The van der Waals surface area contributed by atoms with Crippen molar-refractivity contribution in [3.63, 3.8) is 0 Å². The van der Waals surface area contributed by atoms with E-state index in [1.54, 1.807) is 36.2 Å². The molecule has 3 rings (SSSR count). The van der Waals surface area contributed by atoms with E-state index in [0.717, 1.165) is 13.0 Å². The minimum atomic E-state index is -0.243. The molecule has 0 aromatic heterocycles. The molecule has 5 N–H and O–H groups in total. The van der Waals surface area contributed by atoms with Gasteiger partial charge in [0.2, 0.25) is 0 Å². The van der Waals surface area contributed by atoms with Crippen molar-refractivity contribution in [3.8, 4) is 0 Å². The van der Waals surface area contributed by atoms with E-state index in [2.05, 4.69) is 19.4 Å². The molecule has 0 radical (unpaired) electrons. The summed E-state index contributed by atoms with van der Waals surface area (Å²) < 4.78 is 0. The van der Waals surface area contributed by atoms with E-state index >= 15 is 0 Å². The first-order chi connectivity index (χ1) is 13.9. The van der Waals surface area contributed by atoms with Crippen molar-refractivity contribution in [2.45, 2.75) is 6.42 Å². The molecule has 0 saturated heterocycles. The maximum Gasteiger partial charge on any atom is 0.196 e. The number of likely N-dealkylation sites (N-methyl/N-ethyl adjacent to an activating group) is 1. The fraction of sp³-hybridized carbons (Fsp3) is 0.364. The summed E-state index contributed by atoms with van der Waals surface area (Å²) in [5, 5.41) is 12.7. The molecule has 1 aliphatic rings. The van der Waals surface area contributed by atoms with Crippen LogP contribution in [0.25, 0.3) is 0 Å². The van der Waals surface area contributed by atoms with Gasteiger partial charge in [0.1, 0.15) is 0 Å². The molecule has 2 aromatic rings. The van der Waals surface area contributed by atoms with Gasteiger partial charge in [0, 0.05) is 43.4 Å². The van der Waals surface area contributed by atoms with Crippen molar-refractivity contribution >= 4 is 28.6 Å². The number of hydrogen-bond donors (Lipinski definition) is 4. The second kappa shape index (κ2) is 8.63. The Kier molecular flexibility index (Phi) is 6.20. The van der Waals surface area contributed by atoms with Crippen LogP contribution in [0.3, 0.4) is 0 Å². The van der Waals surface area contributed by atoms with Crippen LogP contribution in [0.2, 0.25) is 0 Å². The van der Waals surface area contributed by atoms with Gasteiger partial charge in [0.15, 0.2) is 11.6 Å². The van der Waals surface area contributed by atoms with Crippen molar-refractivity contribution < 1.29 is 19.6 Å². The molecule has 1 aliphatic carbocycles. The third-order valence-electron chi connectivity index (χ3n) is 5.23. The lowest BCUT2D eigenvalue weighted by molar-refractivity contribution is -0.858. The maximum atomic E-state index is 13.3. The number of hydrogen-bond acceptors (Lipinski definition) is 6. The summed E-state index contributed by atoms with van der Waals surface area (Å²) in [5.74, 6) is -0.438. The molecular weight excluding hydrogens is 368 g/mol. The highest BCUT2D eigenvalue weighted by atomic mass is 16.3. The van der Waals surface area contributed by atoms with Gasteiger partial charge >= 0.3 is 0 Å². The van der Waals surface area contributed by atoms with E-state index in [1.165, 1.54) is 4.90 Å². The molecule has 0 saturated carbocycles. The van der Waals surface area contributed by atoms with E-state index < -0.39 is 0 Å². The molecule has 7 nitrogen and oxygen atoms in total. The molecular formula is C22H29N4O3+. The summed E-state index contributed by atoms with van der Waals surface area (Å²) in [6.45, 7) is 1.98. The first-order valence-corrected chi connectivity index (χ1v) is 9.86. The first kappa shape index (κ1) is 20.8. The number of rotatable bonds is 8. The lowest BCUT2D eigenvalue weighted by Gasteiger charge is -2.27. The Bertz CT molecular complexity index is 940. The topological polar surface area (TPSA) is 100 Å². The number of aliphatic hydroxyl groups excluding tert-OH is 1. The van der Waals surface area contributed by atoms with Gasteiger partial charge in [0.25, 0.3) is 0 Å². The Hall–Kier alpha value is -2.90. The summed E-state index contributed by atoms with van der Waals surface area (Å²) in [7, 11) is 5.98. The average molecular weight is 397 g/mol. The number of aliphatic hydroxyl groups is 1. The van der Waals surface area contributed by atoms with Crippen LogP contribution in [0.1, 0.15) is 38.3 Å². The van der Waals surface area contributed by atoms with Gasteiger partial charge < -0.3 is 26.0 Å². The molecule has 7 heteroatoms. The van der Waals surface area contributed by atoms with Gasteiger partial charge in [-0.05, 0) is 6.07 Å². The maximum absolute atomic E-state index is 13.3. The molecule has 0 aliphatic heterocycles. The highest BCUT2D eigenvalue weighted by molar-refractivity contribution is 6.32. The minimum Gasteiger partial charge on any atom is -0.396 e. The average Bonchev–Trinajstić information content (AvgIpc) is 2.70. The zero-order chi connectivity index (χ0) is 21.1. The number of quaternary nitrogens is 1. The Labute approximate surface area is 171 Å². The SMILES string of the molecule is CN(CCO)c1cc(NCCC[NH+](C)C)c2c(c1N)C(=O)c1ccccc1C2=O. The Morgan fingerprint density at radius 1 is 1.10 bits per heavy atom. The fourth-order valence-electron chi connectivity index (χ4n) is 3.69. The van der Waals surface area contributed by atoms with Crippen molar-refractivity contribution in [2.24, 2.45) is 0 Å². The van der Waals surface area contributed by atoms with Crippen molar-refractivity contribution in [2.75, 3.05) is 63.3 Å². The van der Waals surface area contributed by atoms with Gasteiger partial charge in [0.05, 0.1) is 49.7 Å². The van der Waals surface area contributed by atoms with Crippen molar-refractivity contribution in [1.82, 2.24) is 0 Å². The first-order valence-electron chi connectivity index (χ1n) is 9.86. The lowest BCUT2D eigenvalue weighted by atomic mass is 9.81. The molecule has 0 spiro atoms. The van der Waals surface area contributed by atoms with E-state index in [1.807, 2.05) is 6.07 Å². The zero-order valence-electron chi connectivity index (χ0n) is 17.2. The number of anilines is 3. The molecule has 0 atom stereocenters. The second-order valence-electron chi connectivity index (χ2n) is 7.69. The number of nitrogens with one attached hydrogen (secondary N) is 2. The van der Waals surface area contributed by atoms with Crippen LogP contribution in [0, 0.1) is 0 Å². The van der Waals surface area contributed by atoms with Crippen LogP contribution in [-0.2, 0) is 0 Å². The zero-order valence-corrected chi connectivity index (χ0v) is 17.2. The number of nitrogens with two attached hydrogens (primary N) is 1. The number of carbonyl (C=O) groups excluding carboxylic acids is 2. The van der Waals surface area contributed by atoms with E-state index in [-0.39, 0.29) is 29.4 Å². The van der Waals surface area contributed by atoms with E-state index in [0.29, 0.717) is 41.2 Å². The van der Waals surface area contributed by atoms with Crippen LogP contribution in [0.15, 0.2) is 30.3 Å². The number of fused-ring (bicyclic) bond motifs is 2. The molecule has 2 aromatic carbocycles. The Morgan fingerprint density at radius 2 is 1.72 bits per heavy atom. The van der Waals surface area contributed by atoms with E-state index in [4.69, 9.17) is 5.73 Å². The monoisotopic (exact) mass is 397 g/mol. The van der Waals surface area contributed by atoms with Crippen LogP contribution in [-0.4, -0.2) is 64.1 Å². The molecule has 0 heterocycles. The third-order valence-corrected chi connectivity index (χ3v) is 5.23. The summed E-state index contributed by atoms with van der Waals surface area (Å²) in [4.78, 5) is 29.7. The Balaban J connectivity index is 2.11. The van der Waals surface area contributed by atoms with Crippen LogP contribution in [0.5, 0.6) is 0 Å². The summed E-state index contributed by atoms with van der Waals surface area (Å²) in [6, 6.07) is 8.66. The van der Waals surface area contributed by atoms with Crippen LogP contribution >= 0.6 is 0 Å². The molecule has 154 valence electrons. The summed E-state index contributed by atoms with van der Waals surface area (Å²) in [6.07, 6.45) is 0.919. The van der Waals surface area contributed by atoms with Gasteiger partial charge in [-0.25, -0.2) is 0 Å². The minimum absolute atomic E-state index is 0.0445. The molecule has 0 fully saturated rings. The van der Waals surface area contributed by atoms with Gasteiger partial charge in [-0.1, -0.05) is 24.3 Å². The van der Waals surface area contributed by atoms with Crippen molar-refractivity contribution in [1.29, 1.82) is 0 Å². The standard InChI is InChI=1S/C22H28N4O3/c1-25(2)10-6-9-24-16-13-17(26(3)11-12-27)20(23)19-18(16)21(28)14-7-4-5-8-15(14)22(19)29/h4-5,7-8,13,24,27H,6,9-12,23H2,1-3H3/p+1. The quantitative estimate of drug-likeness (QED) is 0.325. The van der Waals surface area contributed by atoms with Crippen LogP contribution < -0.4 is 20.9 Å². The predicted octanol–water partition coefficient (Wildman–Crippen LogP) is 0.419. The highest BCUT2D eigenvalue weighted by Crippen LogP contribution is 2.40. The van der Waals surface area contributed by atoms with Crippen molar-refractivity contribution in [3.05, 3.63) is 52.6 Å². The number of carbonyl (C=O) groups is 2. The van der Waals surface area contributed by atoms with Gasteiger partial charge in [-0.15, -0.1) is 0 Å². The summed E-state index contributed by atoms with van der Waals surface area (Å²) in [5.41, 5.74) is 9.25. The molecule has 0 unspecified atom stereocenters. The smallest absolute Gasteiger partial charge is 0.196 e. The summed E-state index contributed by atoms with van der Waals surface area (Å²) >= 11 is 0. The number of ketones is 2. The number of nitrogen functional groups attached to an aromatic ring is 1. The lowest BCUT2D eigenvalue weighted by Crippen LogP contribution is -3.05. The number of nitrogens with zero attached hydrogens (tertiary/aromatic N) is 1. The second-order valence-corrected chi connectivity index (χ2v) is 7.69. The number of benzene rings is 2. The van der Waals surface area contributed by atoms with Crippen LogP contribution in [0.4, 0.5) is 17.1 Å². The molecule has 0 bridgehead atoms. The predicted molar refractivity (Wildman–Crippen MR) is 115 cm³/mol. The normalized spacial score (nSPS) is 12.7. The molecule has 0 amide bonds. The van der Waals surface area contributed by atoms with E-state index in [9.17, 15) is 14.7 Å².